The summed E-state index contributed by atoms with van der Waals surface area (Å²) < 4.78 is 0. The van der Waals surface area contributed by atoms with Crippen molar-refractivity contribution in [1.29, 1.82) is 0 Å². The van der Waals surface area contributed by atoms with E-state index >= 15 is 0 Å². The Morgan fingerprint density at radius 1 is 1.38 bits per heavy atom. The third kappa shape index (κ3) is 3.01. The number of carbonyl (C=O) groups excluding carboxylic acids is 1. The average Bonchev–Trinajstić information content (AvgIpc) is 2.31. The van der Waals surface area contributed by atoms with E-state index in [1.54, 1.807) is 24.3 Å². The molecule has 0 saturated heterocycles. The first-order valence-electron chi connectivity index (χ1n) is 4.51. The lowest BCUT2D eigenvalue weighted by molar-refractivity contribution is -0.0620. The van der Waals surface area contributed by atoms with Crippen molar-refractivity contribution in [3.05, 3.63) is 29.3 Å². The van der Waals surface area contributed by atoms with Crippen LogP contribution in [0.1, 0.15) is 0 Å². The molecule has 88 valence electrons. The number of nitrogens with zero attached hydrogens (tertiary/aromatic N) is 2. The van der Waals surface area contributed by atoms with E-state index in [2.05, 4.69) is 0 Å². The van der Waals surface area contributed by atoms with Crippen LogP contribution >= 0.6 is 23.2 Å². The topological polar surface area (TPSA) is 32.8 Å². The molecule has 1 aromatic rings. The van der Waals surface area contributed by atoms with Gasteiger partial charge in [0.15, 0.2) is 0 Å². The van der Waals surface area contributed by atoms with Gasteiger partial charge in [0.1, 0.15) is 6.00 Å². The maximum absolute atomic E-state index is 11.8. The zero-order chi connectivity index (χ0) is 12.1. The summed E-state index contributed by atoms with van der Waals surface area (Å²) in [6.45, 7) is 0. The van der Waals surface area contributed by atoms with Crippen molar-refractivity contribution < 1.29 is 9.63 Å². The minimum Gasteiger partial charge on any atom is -0.278 e. The Labute approximate surface area is 104 Å². The number of urea groups is 1. The number of benzene rings is 1. The summed E-state index contributed by atoms with van der Waals surface area (Å²) in [4.78, 5) is 18.0. The van der Waals surface area contributed by atoms with Crippen molar-refractivity contribution in [1.82, 2.24) is 5.06 Å². The lowest BCUT2D eigenvalue weighted by Crippen LogP contribution is -2.40. The molecule has 0 aliphatic rings. The molecule has 0 radical (unpaired) electrons. The normalized spacial score (nSPS) is 10.0. The fraction of sp³-hybridized carbons (Fsp3) is 0.300. The molecule has 0 aliphatic carbocycles. The predicted octanol–water partition coefficient (Wildman–Crippen LogP) is 2.96. The molecule has 1 aromatic carbocycles. The van der Waals surface area contributed by atoms with Gasteiger partial charge in [0.05, 0.1) is 7.11 Å². The first-order chi connectivity index (χ1) is 7.60. The second-order valence-electron chi connectivity index (χ2n) is 2.99. The smallest absolute Gasteiger partial charge is 0.278 e. The van der Waals surface area contributed by atoms with Gasteiger partial charge < -0.3 is 0 Å². The number of hydroxylamine groups is 2. The van der Waals surface area contributed by atoms with Crippen LogP contribution in [-0.4, -0.2) is 31.3 Å². The van der Waals surface area contributed by atoms with Crippen molar-refractivity contribution in [3.63, 3.8) is 0 Å². The molecule has 0 heterocycles. The van der Waals surface area contributed by atoms with E-state index in [-0.39, 0.29) is 12.0 Å². The van der Waals surface area contributed by atoms with Gasteiger partial charge in [-0.25, -0.2) is 9.86 Å². The van der Waals surface area contributed by atoms with Gasteiger partial charge in [-0.3, -0.25) is 9.74 Å². The van der Waals surface area contributed by atoms with Gasteiger partial charge in [-0.1, -0.05) is 11.6 Å². The lowest BCUT2D eigenvalue weighted by Gasteiger charge is -2.24. The monoisotopic (exact) mass is 262 g/mol. The van der Waals surface area contributed by atoms with Crippen LogP contribution in [0.15, 0.2) is 24.3 Å². The zero-order valence-corrected chi connectivity index (χ0v) is 10.5. The Morgan fingerprint density at radius 2 is 1.94 bits per heavy atom. The summed E-state index contributed by atoms with van der Waals surface area (Å²) in [6.07, 6.45) is 0. The predicted molar refractivity (Wildman–Crippen MR) is 64.8 cm³/mol. The van der Waals surface area contributed by atoms with Crippen LogP contribution in [0.2, 0.25) is 5.02 Å². The molecule has 0 aliphatic heterocycles. The second kappa shape index (κ2) is 5.94. The van der Waals surface area contributed by atoms with E-state index in [1.165, 1.54) is 19.1 Å². The quantitative estimate of drug-likeness (QED) is 0.477. The summed E-state index contributed by atoms with van der Waals surface area (Å²) >= 11 is 11.5. The van der Waals surface area contributed by atoms with Crippen molar-refractivity contribution in [3.8, 4) is 0 Å². The van der Waals surface area contributed by atoms with E-state index in [4.69, 9.17) is 28.0 Å². The van der Waals surface area contributed by atoms with Gasteiger partial charge in [-0.15, -0.1) is 11.6 Å². The van der Waals surface area contributed by atoms with Gasteiger partial charge in [-0.2, -0.15) is 0 Å². The molecule has 0 atom stereocenters. The van der Waals surface area contributed by atoms with E-state index in [1.807, 2.05) is 0 Å². The van der Waals surface area contributed by atoms with Crippen LogP contribution in [0.25, 0.3) is 0 Å². The first-order valence-corrected chi connectivity index (χ1v) is 5.42. The van der Waals surface area contributed by atoms with E-state index in [0.29, 0.717) is 10.7 Å². The van der Waals surface area contributed by atoms with Gasteiger partial charge in [-0.05, 0) is 24.3 Å². The number of anilines is 1. The molecule has 0 fully saturated rings. The lowest BCUT2D eigenvalue weighted by atomic mass is 10.3. The summed E-state index contributed by atoms with van der Waals surface area (Å²) in [6, 6.07) is 6.50. The Kier molecular flexibility index (Phi) is 4.86. The number of alkyl halides is 1. The van der Waals surface area contributed by atoms with Crippen LogP contribution in [0.3, 0.4) is 0 Å². The zero-order valence-electron chi connectivity index (χ0n) is 8.98. The molecule has 16 heavy (non-hydrogen) atoms. The minimum absolute atomic E-state index is 0.0359. The number of halogens is 2. The van der Waals surface area contributed by atoms with E-state index in [0.717, 1.165) is 5.06 Å². The highest BCUT2D eigenvalue weighted by molar-refractivity contribution is 6.30. The Bertz CT molecular complexity index is 356. The summed E-state index contributed by atoms with van der Waals surface area (Å²) in [5.74, 6) is 0. The average molecular weight is 263 g/mol. The van der Waals surface area contributed by atoms with Crippen molar-refractivity contribution in [2.24, 2.45) is 0 Å². The number of carbonyl (C=O) groups is 1. The first kappa shape index (κ1) is 13.1. The fourth-order valence-corrected chi connectivity index (χ4v) is 1.47. The summed E-state index contributed by atoms with van der Waals surface area (Å²) in [5.41, 5.74) is 0.660. The van der Waals surface area contributed by atoms with Crippen molar-refractivity contribution in [2.75, 3.05) is 25.1 Å². The van der Waals surface area contributed by atoms with Crippen LogP contribution in [0.4, 0.5) is 10.5 Å². The highest BCUT2D eigenvalue weighted by atomic mass is 35.5. The van der Waals surface area contributed by atoms with Crippen LogP contribution in [0, 0.1) is 0 Å². The maximum atomic E-state index is 11.8. The molecular formula is C10H12Cl2N2O2. The molecule has 0 saturated carbocycles. The highest BCUT2D eigenvalue weighted by Gasteiger charge is 2.18. The minimum atomic E-state index is -0.347. The van der Waals surface area contributed by atoms with Gasteiger partial charge in [0, 0.05) is 17.8 Å². The summed E-state index contributed by atoms with van der Waals surface area (Å²) in [7, 11) is 2.92. The fourth-order valence-electron chi connectivity index (χ4n) is 1.10. The number of rotatable bonds is 3. The van der Waals surface area contributed by atoms with Crippen LogP contribution in [0.5, 0.6) is 0 Å². The van der Waals surface area contributed by atoms with E-state index < -0.39 is 0 Å². The summed E-state index contributed by atoms with van der Waals surface area (Å²) in [5, 5.41) is 1.70. The number of hydrogen-bond acceptors (Lipinski definition) is 2. The second-order valence-corrected chi connectivity index (χ2v) is 3.66. The molecular weight excluding hydrogens is 251 g/mol. The van der Waals surface area contributed by atoms with Gasteiger partial charge in [0.25, 0.3) is 0 Å². The molecule has 0 unspecified atom stereocenters. The molecule has 6 heteroatoms. The number of amides is 2. The Hall–Kier alpha value is -0.970. The molecule has 0 N–H and O–H groups in total. The third-order valence-corrected chi connectivity index (χ3v) is 2.52. The van der Waals surface area contributed by atoms with Gasteiger partial charge >= 0.3 is 6.03 Å². The molecule has 0 spiro atoms. The molecule has 2 amide bonds. The van der Waals surface area contributed by atoms with Crippen molar-refractivity contribution >= 4 is 34.9 Å². The molecule has 0 aromatic heterocycles. The van der Waals surface area contributed by atoms with Gasteiger partial charge in [0.2, 0.25) is 0 Å². The van der Waals surface area contributed by atoms with Crippen LogP contribution in [-0.2, 0) is 4.84 Å². The molecule has 4 nitrogen and oxygen atoms in total. The standard InChI is InChI=1S/C10H12Cl2N2O2/c1-13(16-2)10(15)14(7-11)9-5-3-8(12)4-6-9/h3-6H,7H2,1-2H3. The van der Waals surface area contributed by atoms with Crippen molar-refractivity contribution in [2.45, 2.75) is 0 Å². The molecule has 0 bridgehead atoms. The van der Waals surface area contributed by atoms with E-state index in [9.17, 15) is 4.79 Å². The third-order valence-electron chi connectivity index (χ3n) is 2.03. The number of hydrogen-bond donors (Lipinski definition) is 0. The Morgan fingerprint density at radius 3 is 2.38 bits per heavy atom. The molecule has 1 rings (SSSR count). The maximum Gasteiger partial charge on any atom is 0.349 e. The Balaban J connectivity index is 2.90. The highest BCUT2D eigenvalue weighted by Crippen LogP contribution is 2.19. The largest absolute Gasteiger partial charge is 0.349 e. The SMILES string of the molecule is CON(C)C(=O)N(CCl)c1ccc(Cl)cc1. The van der Waals surface area contributed by atoms with Crippen LogP contribution < -0.4 is 4.90 Å².